The highest BCUT2D eigenvalue weighted by Crippen LogP contribution is 2.25. The van der Waals surface area contributed by atoms with Crippen LogP contribution in [-0.4, -0.2) is 43.6 Å². The summed E-state index contributed by atoms with van der Waals surface area (Å²) in [6.07, 6.45) is 0. The Morgan fingerprint density at radius 1 is 1.00 bits per heavy atom. The van der Waals surface area contributed by atoms with Gasteiger partial charge in [-0.2, -0.15) is 0 Å². The smallest absolute Gasteiger partial charge is 0.332 e. The molecule has 0 spiro atoms. The lowest BCUT2D eigenvalue weighted by Crippen LogP contribution is -2.23. The van der Waals surface area contributed by atoms with Gasteiger partial charge in [0.15, 0.2) is 22.8 Å². The van der Waals surface area contributed by atoms with E-state index in [4.69, 9.17) is 0 Å². The van der Waals surface area contributed by atoms with E-state index in [9.17, 15) is 9.59 Å². The molecule has 0 saturated carbocycles. The fourth-order valence-corrected chi connectivity index (χ4v) is 1.96. The predicted octanol–water partition coefficient (Wildman–Crippen LogP) is 0.0455. The molecule has 11 heteroatoms. The van der Waals surface area contributed by atoms with Gasteiger partial charge in [-0.25, -0.2) is 19.2 Å². The zero-order valence-corrected chi connectivity index (χ0v) is 12.3. The third-order valence-electron chi connectivity index (χ3n) is 2.75. The fourth-order valence-electron chi connectivity index (χ4n) is 1.96. The number of oxime groups is 2. The van der Waals surface area contributed by atoms with Crippen molar-refractivity contribution in [2.75, 3.05) is 0 Å². The van der Waals surface area contributed by atoms with Crippen LogP contribution in [0.3, 0.4) is 0 Å². The minimum atomic E-state index is -0.608. The molecule has 0 atom stereocenters. The van der Waals surface area contributed by atoms with Crippen LogP contribution in [0.25, 0.3) is 0 Å². The van der Waals surface area contributed by atoms with Crippen molar-refractivity contribution in [3.63, 3.8) is 0 Å². The topological polar surface area (TPSA) is 145 Å². The fraction of sp³-hybridized carbons (Fsp3) is 0.250. The Balaban J connectivity index is 2.18. The van der Waals surface area contributed by atoms with Gasteiger partial charge >= 0.3 is 11.9 Å². The van der Waals surface area contributed by atoms with E-state index >= 15 is 0 Å². The molecule has 2 aromatic rings. The Labute approximate surface area is 128 Å². The summed E-state index contributed by atoms with van der Waals surface area (Å²) in [7, 11) is 0. The van der Waals surface area contributed by atoms with Crippen molar-refractivity contribution >= 4 is 23.4 Å². The molecule has 0 unspecified atom stereocenters. The molecule has 0 bridgehead atoms. The van der Waals surface area contributed by atoms with Gasteiger partial charge in [-0.15, -0.1) is 0 Å². The van der Waals surface area contributed by atoms with Crippen molar-refractivity contribution in [3.8, 4) is 0 Å². The average molecular weight is 318 g/mol. The summed E-state index contributed by atoms with van der Waals surface area (Å²) in [5, 5.41) is 14.9. The molecule has 0 radical (unpaired) electrons. The summed E-state index contributed by atoms with van der Waals surface area (Å²) in [6, 6.07) is 0. The van der Waals surface area contributed by atoms with Crippen molar-refractivity contribution in [1.29, 1.82) is 0 Å². The summed E-state index contributed by atoms with van der Waals surface area (Å²) in [5.74, 6) is -0.667. The van der Waals surface area contributed by atoms with Gasteiger partial charge in [-0.1, -0.05) is 10.3 Å². The van der Waals surface area contributed by atoms with Crippen LogP contribution in [0.4, 0.5) is 0 Å². The Bertz CT molecular complexity index is 795. The first-order valence-corrected chi connectivity index (χ1v) is 6.39. The van der Waals surface area contributed by atoms with Gasteiger partial charge in [0.2, 0.25) is 0 Å². The van der Waals surface area contributed by atoms with Gasteiger partial charge in [0.1, 0.15) is 11.5 Å². The molecule has 0 aliphatic heterocycles. The van der Waals surface area contributed by atoms with Crippen LogP contribution in [0, 0.1) is 6.92 Å². The summed E-state index contributed by atoms with van der Waals surface area (Å²) >= 11 is 0. The molecule has 118 valence electrons. The highest BCUT2D eigenvalue weighted by molar-refractivity contribution is 6.28. The number of aromatic nitrogens is 4. The molecule has 0 fully saturated rings. The van der Waals surface area contributed by atoms with Gasteiger partial charge in [0, 0.05) is 13.8 Å². The summed E-state index contributed by atoms with van der Waals surface area (Å²) in [5.41, 5.74) is 1.37. The van der Waals surface area contributed by atoms with Crippen LogP contribution in [0.2, 0.25) is 0 Å². The van der Waals surface area contributed by atoms with Gasteiger partial charge in [-0.05, 0) is 17.2 Å². The number of nitrogens with one attached hydrogen (secondary N) is 1. The van der Waals surface area contributed by atoms with Crippen molar-refractivity contribution in [3.05, 3.63) is 28.6 Å². The average Bonchev–Trinajstić information content (AvgIpc) is 3.08. The number of H-pyrrole nitrogens is 1. The number of fused-ring (bicyclic) bond motifs is 2. The standard InChI is InChI=1S/C12H10N6O5/c1-4-13-7-8(14-4)10(16-22-6(3)20)12-11(17-23-18-12)9(7)15-21-5(2)19/h1-3H3,(H,13,14)/b15-9-,16-10-. The molecule has 0 amide bonds. The molecular weight excluding hydrogens is 308 g/mol. The third-order valence-corrected chi connectivity index (χ3v) is 2.75. The number of aryl methyl sites for hydroxylation is 1. The van der Waals surface area contributed by atoms with Crippen LogP contribution in [0.15, 0.2) is 14.9 Å². The number of hydrogen-bond acceptors (Lipinski definition) is 10. The van der Waals surface area contributed by atoms with Gasteiger partial charge in [0.05, 0.1) is 5.69 Å². The predicted molar refractivity (Wildman–Crippen MR) is 72.4 cm³/mol. The molecular formula is C12H10N6O5. The van der Waals surface area contributed by atoms with E-state index in [-0.39, 0.29) is 22.8 Å². The number of aromatic amines is 1. The Kier molecular flexibility index (Phi) is 3.44. The van der Waals surface area contributed by atoms with Gasteiger partial charge < -0.3 is 14.7 Å². The van der Waals surface area contributed by atoms with Crippen LogP contribution in [-0.2, 0) is 19.3 Å². The second-order valence-corrected chi connectivity index (χ2v) is 4.55. The largest absolute Gasteiger partial charge is 0.340 e. The number of carbonyl (C=O) groups is 2. The second kappa shape index (κ2) is 5.44. The van der Waals surface area contributed by atoms with Crippen molar-refractivity contribution < 1.29 is 23.9 Å². The summed E-state index contributed by atoms with van der Waals surface area (Å²) in [4.78, 5) is 38.6. The van der Waals surface area contributed by atoms with Gasteiger partial charge in [0.25, 0.3) is 0 Å². The zero-order chi connectivity index (χ0) is 16.6. The molecule has 23 heavy (non-hydrogen) atoms. The van der Waals surface area contributed by atoms with E-state index in [0.29, 0.717) is 17.2 Å². The summed E-state index contributed by atoms with van der Waals surface area (Å²) < 4.78 is 4.69. The molecule has 0 saturated heterocycles. The zero-order valence-electron chi connectivity index (χ0n) is 12.3. The van der Waals surface area contributed by atoms with E-state index in [2.05, 4.69) is 44.9 Å². The first-order chi connectivity index (χ1) is 11.0. The van der Waals surface area contributed by atoms with E-state index in [1.54, 1.807) is 6.92 Å². The molecule has 1 aliphatic carbocycles. The number of carbonyl (C=O) groups excluding carboxylic acids is 2. The van der Waals surface area contributed by atoms with Crippen LogP contribution in [0.1, 0.15) is 42.4 Å². The van der Waals surface area contributed by atoms with Crippen LogP contribution < -0.4 is 0 Å². The Hall–Kier alpha value is -3.37. The molecule has 11 nitrogen and oxygen atoms in total. The first kappa shape index (κ1) is 14.6. The van der Waals surface area contributed by atoms with E-state index in [1.807, 2.05) is 0 Å². The maximum atomic E-state index is 11.0. The minimum Gasteiger partial charge on any atom is -0.340 e. The van der Waals surface area contributed by atoms with Crippen LogP contribution >= 0.6 is 0 Å². The molecule has 1 aliphatic rings. The van der Waals surface area contributed by atoms with E-state index < -0.39 is 11.9 Å². The molecule has 1 N–H and O–H groups in total. The lowest BCUT2D eigenvalue weighted by Gasteiger charge is -2.10. The van der Waals surface area contributed by atoms with Crippen molar-refractivity contribution in [2.24, 2.45) is 10.3 Å². The van der Waals surface area contributed by atoms with Crippen molar-refractivity contribution in [2.45, 2.75) is 20.8 Å². The number of hydrogen-bond donors (Lipinski definition) is 1. The monoisotopic (exact) mass is 318 g/mol. The SMILES string of the molecule is CC(=O)O/N=C1\c2nonc2/C(=N\OC(C)=O)c2[nH]c(C)nc21. The third kappa shape index (κ3) is 2.59. The number of rotatable bonds is 2. The quantitative estimate of drug-likeness (QED) is 0.515. The lowest BCUT2D eigenvalue weighted by molar-refractivity contribution is -0.141. The maximum absolute atomic E-state index is 11.0. The maximum Gasteiger partial charge on any atom is 0.332 e. The van der Waals surface area contributed by atoms with Crippen LogP contribution in [0.5, 0.6) is 0 Å². The second-order valence-electron chi connectivity index (χ2n) is 4.55. The Morgan fingerprint density at radius 3 is 2.17 bits per heavy atom. The molecule has 2 aromatic heterocycles. The Morgan fingerprint density at radius 2 is 1.57 bits per heavy atom. The lowest BCUT2D eigenvalue weighted by atomic mass is 9.98. The number of nitrogens with zero attached hydrogens (tertiary/aromatic N) is 5. The number of imidazole rings is 1. The molecule has 3 rings (SSSR count). The highest BCUT2D eigenvalue weighted by Gasteiger charge is 2.36. The molecule has 2 heterocycles. The highest BCUT2D eigenvalue weighted by atomic mass is 16.7. The minimum absolute atomic E-state index is 0.151. The summed E-state index contributed by atoms with van der Waals surface area (Å²) in [6.45, 7) is 4.13. The van der Waals surface area contributed by atoms with Gasteiger partial charge in [-0.3, -0.25) is 0 Å². The first-order valence-electron chi connectivity index (χ1n) is 6.39. The molecule has 0 aromatic carbocycles. The van der Waals surface area contributed by atoms with E-state index in [1.165, 1.54) is 13.8 Å². The van der Waals surface area contributed by atoms with Crippen molar-refractivity contribution in [1.82, 2.24) is 20.3 Å². The normalized spacial score (nSPS) is 16.1. The van der Waals surface area contributed by atoms with E-state index in [0.717, 1.165) is 0 Å².